The summed E-state index contributed by atoms with van der Waals surface area (Å²) in [6.45, 7) is 3.59. The molecular formula is C79H93Cl2N11O29. The van der Waals surface area contributed by atoms with Gasteiger partial charge in [0.2, 0.25) is 59.3 Å². The molecule has 6 aromatic rings. The number of nitrogen functional groups attached to an aromatic ring is 1. The average molecular weight is 1730 g/mol. The molecule has 0 aromatic heterocycles. The van der Waals surface area contributed by atoms with E-state index in [4.69, 9.17) is 79.3 Å². The lowest BCUT2D eigenvalue weighted by Gasteiger charge is -2.44. The highest BCUT2D eigenvalue weighted by Crippen LogP contribution is 2.50. The number of aliphatic hydroxyl groups excluding tert-OH is 8. The smallest absolute Gasteiger partial charge is 0.311 e. The zero-order valence-corrected chi connectivity index (χ0v) is 66.6. The Morgan fingerprint density at radius 1 is 0.694 bits per heavy atom. The second-order valence-electron chi connectivity index (χ2n) is 29.6. The Morgan fingerprint density at radius 2 is 1.35 bits per heavy atom. The molecule has 0 spiro atoms. The van der Waals surface area contributed by atoms with Crippen LogP contribution in [0.2, 0.25) is 10.0 Å². The fourth-order valence-corrected chi connectivity index (χ4v) is 14.3. The second-order valence-corrected chi connectivity index (χ2v) is 30.4. The molecule has 0 saturated carbocycles. The number of likely N-dealkylation sites (N-methyl/N-ethyl adjacent to an activating group) is 1. The van der Waals surface area contributed by atoms with Gasteiger partial charge in [-0.15, -0.1) is 0 Å². The predicted octanol–water partition coefficient (Wildman–Crippen LogP) is 0.0719. The van der Waals surface area contributed by atoms with Crippen molar-refractivity contribution in [2.24, 2.45) is 23.1 Å². The van der Waals surface area contributed by atoms with E-state index in [0.29, 0.717) is 0 Å². The third-order valence-electron chi connectivity index (χ3n) is 20.3. The third-order valence-corrected chi connectivity index (χ3v) is 20.9. The molecule has 6 heterocycles. The van der Waals surface area contributed by atoms with Gasteiger partial charge in [-0.2, -0.15) is 0 Å². The number of nitrogens with one attached hydrogen (secondary N) is 7. The number of nitrogens with two attached hydrogens (primary N) is 4. The topological polar surface area (TPSA) is 666 Å². The van der Waals surface area contributed by atoms with Gasteiger partial charge in [0.05, 0.1) is 71.7 Å². The maximum absolute atomic E-state index is 16.0. The van der Waals surface area contributed by atoms with Crippen LogP contribution in [0.15, 0.2) is 91.0 Å². The Morgan fingerprint density at radius 3 is 1.97 bits per heavy atom. The molecule has 2 fully saturated rings. The number of benzene rings is 6. The van der Waals surface area contributed by atoms with Crippen LogP contribution >= 0.6 is 23.2 Å². The molecule has 42 heteroatoms. The predicted molar refractivity (Wildman–Crippen MR) is 421 cm³/mol. The first-order chi connectivity index (χ1) is 57.2. The van der Waals surface area contributed by atoms with Gasteiger partial charge in [0.25, 0.3) is 5.91 Å². The summed E-state index contributed by atoms with van der Waals surface area (Å²) < 4.78 is 43.5. The van der Waals surface area contributed by atoms with Crippen molar-refractivity contribution in [2.75, 3.05) is 25.9 Å². The molecular weight excluding hydrogens is 1640 g/mol. The fourth-order valence-electron chi connectivity index (χ4n) is 13.9. The van der Waals surface area contributed by atoms with Gasteiger partial charge in [-0.3, -0.25) is 47.9 Å². The molecule has 2 saturated heterocycles. The number of phenolic OH excluding ortho intramolecular Hbond substituents is 3. The van der Waals surface area contributed by atoms with E-state index < -0.39 is 309 Å². The number of carbonyl (C=O) groups excluding carboxylic acids is 10. The summed E-state index contributed by atoms with van der Waals surface area (Å²) in [6, 6.07) is 3.64. The molecule has 6 aliphatic rings. The zero-order valence-electron chi connectivity index (χ0n) is 65.1. The molecule has 6 aromatic carbocycles. The number of amides is 9. The van der Waals surface area contributed by atoms with Crippen molar-refractivity contribution in [3.63, 3.8) is 0 Å². The minimum atomic E-state index is -2.37. The first kappa shape index (κ1) is 91.8. The lowest BCUT2D eigenvalue weighted by molar-refractivity contribution is -0.329. The highest BCUT2D eigenvalue weighted by Gasteiger charge is 2.50. The maximum Gasteiger partial charge on any atom is 0.311 e. The van der Waals surface area contributed by atoms with Gasteiger partial charge in [0.1, 0.15) is 94.7 Å². The number of fused-ring (bicyclic) bond motifs is 16. The number of aliphatic hydroxyl groups is 8. The molecule has 12 rings (SSSR count). The number of phenols is 4. The van der Waals surface area contributed by atoms with Gasteiger partial charge in [-0.05, 0) is 140 Å². The Bertz CT molecular complexity index is 4910. The minimum Gasteiger partial charge on any atom is -0.508 e. The molecule has 27 N–H and O–H groups in total. The SMILES string of the molecule is CN[C@@H](CC(C)C)C(=O)N[C@@H]1C(=O)N[C@H](CC(N)=O)C(=O)N[C@@H]2C(=O)N[C@H](C(N)=O)c3ccc(O)c(c3)-c3c(O)cc(O)cc3C(C(=O)NCCC(O)C(O)CCC(=O)Oc3ccc(N)c(O)c3C(N)=O)NC(=O)C[C@@H](O)c3ccc(c(Cl)c3)Oc3cc2cc(c3OC2O[C@H](CO)[C@H](O)[C@@H](O)[C@H]2O[C@H]2CC[C@@H](O)[C@H](C)O2)Oc2ccc(cc2Cl)[C@@H]1O. The summed E-state index contributed by atoms with van der Waals surface area (Å²) in [4.78, 5) is 142. The summed E-state index contributed by atoms with van der Waals surface area (Å²) >= 11 is 14.2. The number of ether oxygens (including phenoxy) is 7. The average Bonchev–Trinajstić information content (AvgIpc) is 0.763. The Kier molecular flexibility index (Phi) is 30.2. The molecule has 40 nitrogen and oxygen atoms in total. The van der Waals surface area contributed by atoms with Crippen molar-refractivity contribution in [1.82, 2.24) is 37.2 Å². The Labute approximate surface area is 698 Å². The molecule has 6 aliphatic heterocycles. The number of esters is 1. The molecule has 4 unspecified atom stereocenters. The molecule has 9 bridgehead atoms. The second kappa shape index (κ2) is 39.8. The van der Waals surface area contributed by atoms with Crippen molar-refractivity contribution >= 4 is 88.0 Å². The van der Waals surface area contributed by atoms with Crippen molar-refractivity contribution in [2.45, 2.75) is 182 Å². The van der Waals surface area contributed by atoms with Crippen LogP contribution in [0.4, 0.5) is 5.69 Å². The van der Waals surface area contributed by atoms with Crippen molar-refractivity contribution < 1.29 is 142 Å². The van der Waals surface area contributed by atoms with Crippen LogP contribution in [0.3, 0.4) is 0 Å². The van der Waals surface area contributed by atoms with E-state index in [0.717, 1.165) is 72.8 Å². The van der Waals surface area contributed by atoms with Gasteiger partial charge < -0.3 is 155 Å². The molecule has 121 heavy (non-hydrogen) atoms. The zero-order chi connectivity index (χ0) is 88.4. The molecule has 0 radical (unpaired) electrons. The number of hydrogen-bond acceptors (Lipinski definition) is 31. The fraction of sp³-hybridized carbons (Fsp3) is 0.418. The molecule has 18 atom stereocenters. The number of primary amides is 3. The van der Waals surface area contributed by atoms with Gasteiger partial charge >= 0.3 is 5.97 Å². The minimum absolute atomic E-state index is 0.0115. The highest BCUT2D eigenvalue weighted by molar-refractivity contribution is 6.32. The Hall–Kier alpha value is -11.5. The third kappa shape index (κ3) is 22.0. The quantitative estimate of drug-likeness (QED) is 0.0175. The summed E-state index contributed by atoms with van der Waals surface area (Å²) in [7, 11) is 1.46. The van der Waals surface area contributed by atoms with E-state index >= 15 is 9.59 Å². The number of carbonyl (C=O) groups is 10. The summed E-state index contributed by atoms with van der Waals surface area (Å²) in [6.07, 6.45) is -23.4. The standard InChI is InChI=1S/C79H93Cl2N11O29/c1-30(2)19-42(86-4)74(110)92-65-66(104)34-7-13-51(40(81)22-34)117-54-24-35-23-53(70(54)121-79-71(69(107)68(106)55(29-93)119-79)120-59-16-11-44(95)31(3)115-59)116-50-12-6-32(21-39(50)80)48(99)28-57(102)89-64(76(112)87-18-17-47(98)46(97)10-15-58(103)118-52-14-8-41(82)67(105)61(52)72(84)108)38-25-36(94)26-49(100)60(38)37-20-33(5-9-45(37)96)62(73(85)109)90-77(113)63(35)91-75(111)43(27-56(83)101)88-78(65)114/h5-9,12-14,20-26,30-31,42-44,46-48,55,59,62-66,68-69,71,79,86,93-100,104-107H,10-11,15-19,27-29,82H2,1-4H3,(H2,83,101)(H2,84,108)(H2,85,109)(H,87,112)(H,88,114)(H,89,102)(H,90,113)(H,91,111)(H,92,110)/t31-,42-,43+,44+,46?,47?,48+,55+,59-,62-,63-,64?,65-,66-,68-,69+,71+,79?/m0/s1. The van der Waals surface area contributed by atoms with E-state index in [9.17, 15) is 99.6 Å². The van der Waals surface area contributed by atoms with Crippen molar-refractivity contribution in [3.05, 3.63) is 134 Å². The van der Waals surface area contributed by atoms with Crippen molar-refractivity contribution in [1.29, 1.82) is 0 Å². The number of aromatic hydroxyl groups is 4. The Balaban J connectivity index is 1.12. The first-order valence-electron chi connectivity index (χ1n) is 37.9. The van der Waals surface area contributed by atoms with E-state index in [1.165, 1.54) is 32.2 Å². The van der Waals surface area contributed by atoms with E-state index in [1.807, 2.05) is 0 Å². The summed E-state index contributed by atoms with van der Waals surface area (Å²) in [5.74, 6) is -19.1. The molecule has 0 aliphatic carbocycles. The number of rotatable bonds is 23. The van der Waals surface area contributed by atoms with Crippen LogP contribution in [0.1, 0.15) is 141 Å². The van der Waals surface area contributed by atoms with Gasteiger partial charge in [0, 0.05) is 36.6 Å². The van der Waals surface area contributed by atoms with Crippen LogP contribution < -0.4 is 79.1 Å². The number of hydrogen-bond donors (Lipinski definition) is 23. The molecule has 9 amide bonds. The van der Waals surface area contributed by atoms with Gasteiger partial charge in [0.15, 0.2) is 29.6 Å². The first-order valence-corrected chi connectivity index (χ1v) is 38.7. The van der Waals surface area contributed by atoms with Crippen LogP contribution in [-0.4, -0.2) is 220 Å². The lowest BCUT2D eigenvalue weighted by atomic mass is 9.90. The van der Waals surface area contributed by atoms with Crippen molar-refractivity contribution in [3.8, 4) is 68.6 Å². The van der Waals surface area contributed by atoms with Gasteiger partial charge in [-0.25, -0.2) is 0 Å². The maximum atomic E-state index is 16.0. The van der Waals surface area contributed by atoms with E-state index in [2.05, 4.69) is 37.2 Å². The van der Waals surface area contributed by atoms with E-state index in [-0.39, 0.29) is 47.7 Å². The summed E-state index contributed by atoms with van der Waals surface area (Å²) in [5, 5.41) is 153. The lowest BCUT2D eigenvalue weighted by Crippen LogP contribution is -2.62. The number of halogens is 2. The van der Waals surface area contributed by atoms with Crippen LogP contribution in [0.5, 0.6) is 57.5 Å². The van der Waals surface area contributed by atoms with Crippen LogP contribution in [-0.2, 0) is 57.4 Å². The number of anilines is 1. The monoisotopic (exact) mass is 1730 g/mol. The van der Waals surface area contributed by atoms with E-state index in [1.54, 1.807) is 13.8 Å². The molecule has 652 valence electrons. The van der Waals surface area contributed by atoms with Gasteiger partial charge in [-0.1, -0.05) is 55.2 Å². The van der Waals surface area contributed by atoms with Crippen LogP contribution in [0, 0.1) is 5.92 Å². The van der Waals surface area contributed by atoms with Crippen LogP contribution in [0.25, 0.3) is 11.1 Å². The largest absolute Gasteiger partial charge is 0.508 e. The highest BCUT2D eigenvalue weighted by atomic mass is 35.5. The summed E-state index contributed by atoms with van der Waals surface area (Å²) in [5.41, 5.74) is 19.1. The normalized spacial score (nSPS) is 24.7.